The maximum atomic E-state index is 6.24. The normalized spacial score (nSPS) is 12.2. The smallest absolute Gasteiger partial charge is 0.118 e. The van der Waals surface area contributed by atoms with Crippen LogP contribution in [0.25, 0.3) is 11.1 Å². The molecule has 0 heterocycles. The first-order valence-electron chi connectivity index (χ1n) is 5.81. The lowest BCUT2D eigenvalue weighted by molar-refractivity contribution is 0.415. The van der Waals surface area contributed by atoms with Crippen molar-refractivity contribution in [3.63, 3.8) is 0 Å². The van der Waals surface area contributed by atoms with Crippen LogP contribution in [0.5, 0.6) is 5.75 Å². The van der Waals surface area contributed by atoms with Gasteiger partial charge < -0.3 is 10.5 Å². The second-order valence-electron chi connectivity index (χ2n) is 4.26. The number of halogens is 1. The second-order valence-corrected chi connectivity index (χ2v) is 4.66. The highest BCUT2D eigenvalue weighted by molar-refractivity contribution is 6.33. The lowest BCUT2D eigenvalue weighted by Crippen LogP contribution is -2.04. The van der Waals surface area contributed by atoms with Gasteiger partial charge in [-0.15, -0.1) is 0 Å². The summed E-state index contributed by atoms with van der Waals surface area (Å²) in [6, 6.07) is 13.7. The zero-order valence-corrected chi connectivity index (χ0v) is 11.2. The molecular weight excluding hydrogens is 246 g/mol. The molecule has 2 aromatic rings. The van der Waals surface area contributed by atoms with E-state index < -0.39 is 0 Å². The third-order valence-electron chi connectivity index (χ3n) is 2.92. The molecule has 2 N–H and O–H groups in total. The molecule has 2 aromatic carbocycles. The molecule has 1 unspecified atom stereocenters. The summed E-state index contributed by atoms with van der Waals surface area (Å²) in [4.78, 5) is 0. The van der Waals surface area contributed by atoms with E-state index in [2.05, 4.69) is 0 Å². The summed E-state index contributed by atoms with van der Waals surface area (Å²) in [7, 11) is 1.65. The van der Waals surface area contributed by atoms with Gasteiger partial charge in [0.05, 0.1) is 7.11 Å². The lowest BCUT2D eigenvalue weighted by Gasteiger charge is -2.11. The van der Waals surface area contributed by atoms with E-state index in [1.807, 2.05) is 49.4 Å². The number of ether oxygens (including phenoxy) is 1. The Labute approximate surface area is 112 Å². The zero-order valence-electron chi connectivity index (χ0n) is 10.5. The maximum Gasteiger partial charge on any atom is 0.118 e. The van der Waals surface area contributed by atoms with Gasteiger partial charge in [0.2, 0.25) is 0 Å². The fourth-order valence-electron chi connectivity index (χ4n) is 1.82. The summed E-state index contributed by atoms with van der Waals surface area (Å²) in [5, 5.41) is 0.726. The minimum absolute atomic E-state index is 0.000681. The summed E-state index contributed by atoms with van der Waals surface area (Å²) in [5.41, 5.74) is 9.02. The second kappa shape index (κ2) is 5.42. The summed E-state index contributed by atoms with van der Waals surface area (Å²) < 4.78 is 5.14. The predicted octanol–water partition coefficient (Wildman–Crippen LogP) is 4.04. The minimum atomic E-state index is -0.000681. The molecule has 0 aliphatic rings. The van der Waals surface area contributed by atoms with Gasteiger partial charge in [0, 0.05) is 16.6 Å². The molecule has 0 spiro atoms. The molecule has 2 rings (SSSR count). The van der Waals surface area contributed by atoms with Crippen molar-refractivity contribution in [1.29, 1.82) is 0 Å². The molecule has 3 heteroatoms. The van der Waals surface area contributed by atoms with Crippen molar-refractivity contribution in [2.75, 3.05) is 7.11 Å². The zero-order chi connectivity index (χ0) is 13.1. The highest BCUT2D eigenvalue weighted by atomic mass is 35.5. The van der Waals surface area contributed by atoms with Crippen molar-refractivity contribution in [3.05, 3.63) is 53.1 Å². The molecule has 0 aromatic heterocycles. The molecule has 0 amide bonds. The average molecular weight is 262 g/mol. The topological polar surface area (TPSA) is 35.2 Å². The van der Waals surface area contributed by atoms with Gasteiger partial charge in [0.1, 0.15) is 5.75 Å². The minimum Gasteiger partial charge on any atom is -0.497 e. The Morgan fingerprint density at radius 3 is 2.33 bits per heavy atom. The van der Waals surface area contributed by atoms with Crippen molar-refractivity contribution in [2.45, 2.75) is 13.0 Å². The van der Waals surface area contributed by atoms with Crippen molar-refractivity contribution in [1.82, 2.24) is 0 Å². The van der Waals surface area contributed by atoms with E-state index in [-0.39, 0.29) is 6.04 Å². The molecule has 0 aliphatic carbocycles. The van der Waals surface area contributed by atoms with E-state index in [9.17, 15) is 0 Å². The van der Waals surface area contributed by atoms with E-state index in [0.717, 1.165) is 27.5 Å². The van der Waals surface area contributed by atoms with Gasteiger partial charge in [0.25, 0.3) is 0 Å². The van der Waals surface area contributed by atoms with E-state index >= 15 is 0 Å². The van der Waals surface area contributed by atoms with Gasteiger partial charge in [-0.05, 0) is 42.3 Å². The van der Waals surface area contributed by atoms with Gasteiger partial charge in [-0.25, -0.2) is 0 Å². The van der Waals surface area contributed by atoms with Crippen LogP contribution in [0.15, 0.2) is 42.5 Å². The van der Waals surface area contributed by atoms with Crippen molar-refractivity contribution < 1.29 is 4.74 Å². The molecule has 94 valence electrons. The fraction of sp³-hybridized carbons (Fsp3) is 0.200. The molecule has 0 aliphatic heterocycles. The van der Waals surface area contributed by atoms with E-state index in [1.54, 1.807) is 7.11 Å². The monoisotopic (exact) mass is 261 g/mol. The van der Waals surface area contributed by atoms with Crippen LogP contribution in [-0.4, -0.2) is 7.11 Å². The van der Waals surface area contributed by atoms with Crippen LogP contribution in [0.4, 0.5) is 0 Å². The first-order valence-corrected chi connectivity index (χ1v) is 6.19. The van der Waals surface area contributed by atoms with Crippen molar-refractivity contribution in [3.8, 4) is 16.9 Å². The number of methoxy groups -OCH3 is 1. The van der Waals surface area contributed by atoms with Crippen LogP contribution in [0.3, 0.4) is 0 Å². The first-order chi connectivity index (χ1) is 8.61. The quantitative estimate of drug-likeness (QED) is 0.905. The van der Waals surface area contributed by atoms with Gasteiger partial charge in [-0.2, -0.15) is 0 Å². The first kappa shape index (κ1) is 12.9. The Bertz CT molecular complexity index is 535. The van der Waals surface area contributed by atoms with E-state index in [0.29, 0.717) is 0 Å². The Kier molecular flexibility index (Phi) is 3.90. The van der Waals surface area contributed by atoms with Crippen LogP contribution in [-0.2, 0) is 0 Å². The fourth-order valence-corrected chi connectivity index (χ4v) is 2.04. The van der Waals surface area contributed by atoms with Crippen molar-refractivity contribution in [2.24, 2.45) is 5.73 Å². The van der Waals surface area contributed by atoms with E-state index in [1.165, 1.54) is 0 Å². The molecule has 2 nitrogen and oxygen atoms in total. The van der Waals surface area contributed by atoms with Gasteiger partial charge in [-0.3, -0.25) is 0 Å². The van der Waals surface area contributed by atoms with Crippen LogP contribution in [0.1, 0.15) is 18.5 Å². The van der Waals surface area contributed by atoms with Gasteiger partial charge in [-0.1, -0.05) is 29.8 Å². The summed E-state index contributed by atoms with van der Waals surface area (Å²) in [5.74, 6) is 0.832. The Morgan fingerprint density at radius 1 is 1.11 bits per heavy atom. The number of rotatable bonds is 3. The average Bonchev–Trinajstić information content (AvgIpc) is 2.39. The molecule has 0 saturated heterocycles. The van der Waals surface area contributed by atoms with Crippen molar-refractivity contribution >= 4 is 11.6 Å². The highest BCUT2D eigenvalue weighted by Crippen LogP contribution is 2.31. The Morgan fingerprint density at radius 2 is 1.78 bits per heavy atom. The molecule has 0 fully saturated rings. The summed E-state index contributed by atoms with van der Waals surface area (Å²) in [6.07, 6.45) is 0. The number of hydrogen-bond acceptors (Lipinski definition) is 2. The SMILES string of the molecule is COc1ccc(-c2cc(C(C)N)ccc2Cl)cc1. The third kappa shape index (κ3) is 2.66. The molecule has 0 radical (unpaired) electrons. The molecule has 0 saturated carbocycles. The molecular formula is C15H16ClNO. The maximum absolute atomic E-state index is 6.24. The van der Waals surface area contributed by atoms with Crippen LogP contribution in [0, 0.1) is 0 Å². The summed E-state index contributed by atoms with van der Waals surface area (Å²) in [6.45, 7) is 1.96. The molecule has 18 heavy (non-hydrogen) atoms. The largest absolute Gasteiger partial charge is 0.497 e. The molecule has 1 atom stereocenters. The number of hydrogen-bond donors (Lipinski definition) is 1. The predicted molar refractivity (Wildman–Crippen MR) is 76.0 cm³/mol. The van der Waals surface area contributed by atoms with Gasteiger partial charge in [0.15, 0.2) is 0 Å². The summed E-state index contributed by atoms with van der Waals surface area (Å²) >= 11 is 6.24. The van der Waals surface area contributed by atoms with Gasteiger partial charge >= 0.3 is 0 Å². The highest BCUT2D eigenvalue weighted by Gasteiger charge is 2.07. The third-order valence-corrected chi connectivity index (χ3v) is 3.25. The van der Waals surface area contributed by atoms with Crippen LogP contribution < -0.4 is 10.5 Å². The Balaban J connectivity index is 2.45. The lowest BCUT2D eigenvalue weighted by atomic mass is 10.0. The van der Waals surface area contributed by atoms with E-state index in [4.69, 9.17) is 22.1 Å². The number of benzene rings is 2. The standard InChI is InChI=1S/C15H16ClNO/c1-10(17)12-5-8-15(16)14(9-12)11-3-6-13(18-2)7-4-11/h3-10H,17H2,1-2H3. The number of nitrogens with two attached hydrogens (primary N) is 1. The van der Waals surface area contributed by atoms with Crippen LogP contribution in [0.2, 0.25) is 5.02 Å². The molecule has 0 bridgehead atoms. The van der Waals surface area contributed by atoms with Crippen LogP contribution >= 0.6 is 11.6 Å². The Hall–Kier alpha value is -1.51.